The summed E-state index contributed by atoms with van der Waals surface area (Å²) in [5.41, 5.74) is 2.17. The Balaban J connectivity index is 1.49. The van der Waals surface area contributed by atoms with Gasteiger partial charge in [-0.15, -0.1) is 0 Å². The van der Waals surface area contributed by atoms with Gasteiger partial charge in [0.05, 0.1) is 31.1 Å². The molecule has 7 nitrogen and oxygen atoms in total. The third-order valence-corrected chi connectivity index (χ3v) is 5.10. The van der Waals surface area contributed by atoms with E-state index in [9.17, 15) is 9.59 Å². The number of benzene rings is 1. The van der Waals surface area contributed by atoms with Gasteiger partial charge in [0.15, 0.2) is 0 Å². The van der Waals surface area contributed by atoms with E-state index in [1.807, 2.05) is 30.3 Å². The number of carbonyl (C=O) groups excluding carboxylic acids is 1. The predicted molar refractivity (Wildman–Crippen MR) is 110 cm³/mol. The van der Waals surface area contributed by atoms with Gasteiger partial charge >= 0.3 is 0 Å². The fourth-order valence-corrected chi connectivity index (χ4v) is 3.57. The van der Waals surface area contributed by atoms with E-state index in [0.717, 1.165) is 25.0 Å². The first-order valence-corrected chi connectivity index (χ1v) is 9.79. The molecule has 7 heteroatoms. The number of rotatable bonds is 6. The number of carbonyl (C=O) groups is 1. The molecule has 1 saturated heterocycles. The van der Waals surface area contributed by atoms with Crippen LogP contribution in [-0.4, -0.2) is 33.0 Å². The maximum absolute atomic E-state index is 12.9. The van der Waals surface area contributed by atoms with Crippen molar-refractivity contribution in [3.63, 3.8) is 0 Å². The lowest BCUT2D eigenvalue weighted by atomic mass is 10.1. The Hall–Kier alpha value is -3.19. The van der Waals surface area contributed by atoms with Gasteiger partial charge in [-0.2, -0.15) is 5.10 Å². The highest BCUT2D eigenvalue weighted by atomic mass is 16.5. The van der Waals surface area contributed by atoms with Gasteiger partial charge in [-0.05, 0) is 37.0 Å². The molecule has 150 valence electrons. The first kappa shape index (κ1) is 19.1. The molecule has 1 N–H and O–H groups in total. The molecule has 0 aliphatic carbocycles. The zero-order valence-electron chi connectivity index (χ0n) is 16.4. The summed E-state index contributed by atoms with van der Waals surface area (Å²) in [6, 6.07) is 11.7. The zero-order chi connectivity index (χ0) is 20.2. The summed E-state index contributed by atoms with van der Waals surface area (Å²) >= 11 is 0. The Morgan fingerprint density at radius 3 is 2.86 bits per heavy atom. The van der Waals surface area contributed by atoms with E-state index >= 15 is 0 Å². The minimum absolute atomic E-state index is 0.0301. The molecule has 1 fully saturated rings. The Bertz CT molecular complexity index is 1050. The van der Waals surface area contributed by atoms with Crippen LogP contribution >= 0.6 is 0 Å². The van der Waals surface area contributed by atoms with E-state index in [2.05, 4.69) is 10.4 Å². The lowest BCUT2D eigenvalue weighted by Crippen LogP contribution is -2.32. The third kappa shape index (κ3) is 4.46. The lowest BCUT2D eigenvalue weighted by Gasteiger charge is -2.14. The van der Waals surface area contributed by atoms with Gasteiger partial charge < -0.3 is 14.6 Å². The molecule has 0 spiro atoms. The van der Waals surface area contributed by atoms with Crippen LogP contribution in [0, 0.1) is 6.92 Å². The molecule has 1 aliphatic heterocycles. The fourth-order valence-electron chi connectivity index (χ4n) is 3.57. The molecule has 2 aromatic heterocycles. The molecule has 1 amide bonds. The molecular formula is C22H24N4O3. The molecule has 0 saturated carbocycles. The second-order valence-corrected chi connectivity index (χ2v) is 7.33. The van der Waals surface area contributed by atoms with Crippen LogP contribution in [0.2, 0.25) is 0 Å². The number of nitrogens with zero attached hydrogens (tertiary/aromatic N) is 3. The average Bonchev–Trinajstić information content (AvgIpc) is 3.37. The highest BCUT2D eigenvalue weighted by Crippen LogP contribution is 2.15. The summed E-state index contributed by atoms with van der Waals surface area (Å²) in [6.45, 7) is 3.57. The largest absolute Gasteiger partial charge is 0.376 e. The summed E-state index contributed by atoms with van der Waals surface area (Å²) in [7, 11) is 0. The van der Waals surface area contributed by atoms with Crippen molar-refractivity contribution in [3.05, 3.63) is 82.0 Å². The zero-order valence-corrected chi connectivity index (χ0v) is 16.4. The van der Waals surface area contributed by atoms with Gasteiger partial charge in [-0.25, -0.2) is 0 Å². The van der Waals surface area contributed by atoms with Crippen LogP contribution in [0.1, 0.15) is 34.3 Å². The second-order valence-electron chi connectivity index (χ2n) is 7.33. The smallest absolute Gasteiger partial charge is 0.263 e. The number of anilines is 1. The summed E-state index contributed by atoms with van der Waals surface area (Å²) in [5.74, 6) is -0.423. The molecule has 3 aromatic rings. The average molecular weight is 392 g/mol. The number of pyridine rings is 1. The van der Waals surface area contributed by atoms with Crippen molar-refractivity contribution in [1.29, 1.82) is 0 Å². The van der Waals surface area contributed by atoms with Crippen molar-refractivity contribution in [2.75, 3.05) is 11.9 Å². The highest BCUT2D eigenvalue weighted by molar-refractivity contribution is 6.04. The monoisotopic (exact) mass is 392 g/mol. The Morgan fingerprint density at radius 1 is 1.28 bits per heavy atom. The maximum Gasteiger partial charge on any atom is 0.263 e. The highest BCUT2D eigenvalue weighted by Gasteiger charge is 2.20. The van der Waals surface area contributed by atoms with Crippen LogP contribution in [0.15, 0.2) is 59.8 Å². The van der Waals surface area contributed by atoms with E-state index in [1.165, 1.54) is 0 Å². The Kier molecular flexibility index (Phi) is 5.57. The lowest BCUT2D eigenvalue weighted by molar-refractivity contribution is 0.0952. The number of amides is 1. The SMILES string of the molecule is Cc1ccn(CC2CCCO2)c(=O)c1C(=O)Nc1cnn(Cc2ccccc2)c1. The second kappa shape index (κ2) is 8.45. The van der Waals surface area contributed by atoms with Crippen LogP contribution in [0.3, 0.4) is 0 Å². The molecule has 1 aromatic carbocycles. The van der Waals surface area contributed by atoms with Gasteiger partial charge in [0.2, 0.25) is 0 Å². The fraction of sp³-hybridized carbons (Fsp3) is 0.318. The Labute approximate surface area is 168 Å². The van der Waals surface area contributed by atoms with E-state index in [4.69, 9.17) is 4.74 Å². The normalized spacial score (nSPS) is 16.1. The predicted octanol–water partition coefficient (Wildman–Crippen LogP) is 2.83. The first-order chi connectivity index (χ1) is 14.1. The van der Waals surface area contributed by atoms with Crippen LogP contribution in [0.5, 0.6) is 0 Å². The van der Waals surface area contributed by atoms with E-state index < -0.39 is 5.91 Å². The quantitative estimate of drug-likeness (QED) is 0.700. The van der Waals surface area contributed by atoms with Gasteiger partial charge in [0, 0.05) is 19.0 Å². The van der Waals surface area contributed by atoms with E-state index in [0.29, 0.717) is 24.3 Å². The Morgan fingerprint density at radius 2 is 2.10 bits per heavy atom. The molecule has 1 aliphatic rings. The van der Waals surface area contributed by atoms with Crippen LogP contribution in [0.4, 0.5) is 5.69 Å². The molecular weight excluding hydrogens is 368 g/mol. The number of aryl methyl sites for hydroxylation is 1. The summed E-state index contributed by atoms with van der Waals surface area (Å²) in [5, 5.41) is 7.09. The number of hydrogen-bond donors (Lipinski definition) is 1. The van der Waals surface area contributed by atoms with E-state index in [-0.39, 0.29) is 17.2 Å². The van der Waals surface area contributed by atoms with Crippen molar-refractivity contribution in [1.82, 2.24) is 14.3 Å². The maximum atomic E-state index is 12.9. The summed E-state index contributed by atoms with van der Waals surface area (Å²) in [6.07, 6.45) is 7.04. The first-order valence-electron chi connectivity index (χ1n) is 9.79. The molecule has 0 bridgehead atoms. The summed E-state index contributed by atoms with van der Waals surface area (Å²) in [4.78, 5) is 25.7. The number of nitrogens with one attached hydrogen (secondary N) is 1. The molecule has 0 radical (unpaired) electrons. The molecule has 3 heterocycles. The standard InChI is InChI=1S/C22H24N4O3/c1-16-9-10-25(15-19-8-5-11-29-19)22(28)20(16)21(27)24-18-12-23-26(14-18)13-17-6-3-2-4-7-17/h2-4,6-7,9-10,12,14,19H,5,8,11,13,15H2,1H3,(H,24,27). The molecule has 1 unspecified atom stereocenters. The van der Waals surface area contributed by atoms with Crippen molar-refractivity contribution in [2.45, 2.75) is 39.0 Å². The van der Waals surface area contributed by atoms with Crippen molar-refractivity contribution < 1.29 is 9.53 Å². The van der Waals surface area contributed by atoms with Crippen molar-refractivity contribution in [2.24, 2.45) is 0 Å². The number of aromatic nitrogens is 3. The third-order valence-electron chi connectivity index (χ3n) is 5.10. The molecule has 4 rings (SSSR count). The van der Waals surface area contributed by atoms with Crippen molar-refractivity contribution >= 4 is 11.6 Å². The van der Waals surface area contributed by atoms with Gasteiger partial charge in [0.25, 0.3) is 11.5 Å². The van der Waals surface area contributed by atoms with Crippen molar-refractivity contribution in [3.8, 4) is 0 Å². The minimum atomic E-state index is -0.423. The van der Waals surface area contributed by atoms with Crippen LogP contribution in [0.25, 0.3) is 0 Å². The number of hydrogen-bond acceptors (Lipinski definition) is 4. The number of ether oxygens (including phenoxy) is 1. The van der Waals surface area contributed by atoms with Gasteiger partial charge in [-0.1, -0.05) is 30.3 Å². The van der Waals surface area contributed by atoms with Gasteiger partial charge in [0.1, 0.15) is 5.56 Å². The molecule has 29 heavy (non-hydrogen) atoms. The molecule has 1 atom stereocenters. The van der Waals surface area contributed by atoms with Gasteiger partial charge in [-0.3, -0.25) is 14.3 Å². The van der Waals surface area contributed by atoms with E-state index in [1.54, 1.807) is 40.8 Å². The minimum Gasteiger partial charge on any atom is -0.376 e. The van der Waals surface area contributed by atoms with Crippen LogP contribution in [-0.2, 0) is 17.8 Å². The summed E-state index contributed by atoms with van der Waals surface area (Å²) < 4.78 is 8.93. The topological polar surface area (TPSA) is 78.2 Å². The van der Waals surface area contributed by atoms with Crippen LogP contribution < -0.4 is 10.9 Å².